The molecule has 4 rings (SSSR count). The molecule has 4 heteroatoms. The lowest BCUT2D eigenvalue weighted by Crippen LogP contribution is -2.35. The van der Waals surface area contributed by atoms with Gasteiger partial charge >= 0.3 is 0 Å². The molecule has 0 N–H and O–H groups in total. The molecule has 0 aromatic heterocycles. The third-order valence-electron chi connectivity index (χ3n) is 6.05. The van der Waals surface area contributed by atoms with Crippen LogP contribution in [0.1, 0.15) is 22.3 Å². The van der Waals surface area contributed by atoms with Crippen LogP contribution in [0.3, 0.4) is 0 Å². The van der Waals surface area contributed by atoms with E-state index < -0.39 is 5.79 Å². The summed E-state index contributed by atoms with van der Waals surface area (Å²) in [5.41, 5.74) is 4.23. The fourth-order valence-corrected chi connectivity index (χ4v) is 5.06. The fraction of sp³-hybridized carbons (Fsp3) is 0.259. The largest absolute Gasteiger partial charge is 0.346 e. The zero-order valence-corrected chi connectivity index (χ0v) is 19.3. The van der Waals surface area contributed by atoms with Crippen molar-refractivity contribution in [2.75, 3.05) is 26.0 Å². The van der Waals surface area contributed by atoms with Crippen molar-refractivity contribution < 1.29 is 9.47 Å². The highest BCUT2D eigenvalue weighted by molar-refractivity contribution is 6.18. The van der Waals surface area contributed by atoms with E-state index in [-0.39, 0.29) is 0 Å². The standard InChI is InChI=1S/C27H26Cl2O2/c1-30-27(31-2,25-13-11-19-7-3-5-9-21(19)23(25)15-17-28)26-14-12-20-8-4-6-10-22(20)24(26)16-18-29/h3-14H,15-18H2,1-2H3. The number of hydrogen-bond donors (Lipinski definition) is 0. The van der Waals surface area contributed by atoms with E-state index in [2.05, 4.69) is 60.7 Å². The SMILES string of the molecule is COC(OC)(c1ccc2ccccc2c1CCCl)c1ccc2ccccc2c1CCCl. The minimum absolute atomic E-state index is 0.511. The van der Waals surface area contributed by atoms with Crippen molar-refractivity contribution in [2.45, 2.75) is 18.6 Å². The van der Waals surface area contributed by atoms with E-state index in [9.17, 15) is 0 Å². The lowest BCUT2D eigenvalue weighted by molar-refractivity contribution is -0.184. The molecule has 0 aliphatic carbocycles. The van der Waals surface area contributed by atoms with Crippen molar-refractivity contribution in [3.8, 4) is 0 Å². The predicted octanol–water partition coefficient (Wildman–Crippen LogP) is 7.05. The Morgan fingerprint density at radius 2 is 1.03 bits per heavy atom. The number of ether oxygens (including phenoxy) is 2. The van der Waals surface area contributed by atoms with Gasteiger partial charge in [0.25, 0.3) is 0 Å². The van der Waals surface area contributed by atoms with Crippen LogP contribution in [-0.2, 0) is 28.1 Å². The highest BCUT2D eigenvalue weighted by Gasteiger charge is 2.39. The van der Waals surface area contributed by atoms with E-state index in [1.807, 2.05) is 12.1 Å². The van der Waals surface area contributed by atoms with Crippen molar-refractivity contribution in [3.05, 3.63) is 95.1 Å². The van der Waals surface area contributed by atoms with Crippen molar-refractivity contribution >= 4 is 44.7 Å². The Morgan fingerprint density at radius 1 is 0.613 bits per heavy atom. The van der Waals surface area contributed by atoms with Crippen molar-refractivity contribution in [1.82, 2.24) is 0 Å². The summed E-state index contributed by atoms with van der Waals surface area (Å²) in [5, 5.41) is 4.68. The first-order valence-corrected chi connectivity index (χ1v) is 11.5. The van der Waals surface area contributed by atoms with Gasteiger partial charge in [0.15, 0.2) is 0 Å². The van der Waals surface area contributed by atoms with Crippen molar-refractivity contribution in [3.63, 3.8) is 0 Å². The smallest absolute Gasteiger partial charge is 0.222 e. The quantitative estimate of drug-likeness (QED) is 0.210. The van der Waals surface area contributed by atoms with Crippen LogP contribution < -0.4 is 0 Å². The second-order valence-corrected chi connectivity index (χ2v) is 8.28. The molecule has 0 amide bonds. The number of rotatable bonds is 8. The Morgan fingerprint density at radius 3 is 1.42 bits per heavy atom. The highest BCUT2D eigenvalue weighted by Crippen LogP contribution is 2.42. The molecule has 160 valence electrons. The molecule has 31 heavy (non-hydrogen) atoms. The molecule has 0 saturated heterocycles. The molecule has 0 unspecified atom stereocenters. The van der Waals surface area contributed by atoms with E-state index in [0.29, 0.717) is 24.6 Å². The summed E-state index contributed by atoms with van der Waals surface area (Å²) in [4.78, 5) is 0. The van der Waals surface area contributed by atoms with E-state index >= 15 is 0 Å². The molecule has 2 nitrogen and oxygen atoms in total. The summed E-state index contributed by atoms with van der Waals surface area (Å²) >= 11 is 12.5. The Balaban J connectivity index is 2.06. The third kappa shape index (κ3) is 3.83. The van der Waals surface area contributed by atoms with Gasteiger partial charge in [-0.15, -0.1) is 23.2 Å². The van der Waals surface area contributed by atoms with Gasteiger partial charge in [0.05, 0.1) is 0 Å². The van der Waals surface area contributed by atoms with Gasteiger partial charge in [-0.25, -0.2) is 0 Å². The Kier molecular flexibility index (Phi) is 6.83. The number of hydrogen-bond acceptors (Lipinski definition) is 2. The van der Waals surface area contributed by atoms with Gasteiger partial charge in [-0.3, -0.25) is 0 Å². The lowest BCUT2D eigenvalue weighted by Gasteiger charge is -2.36. The molecule has 0 spiro atoms. The molecule has 4 aromatic carbocycles. The third-order valence-corrected chi connectivity index (χ3v) is 6.43. The van der Waals surface area contributed by atoms with Crippen LogP contribution in [0.15, 0.2) is 72.8 Å². The zero-order chi connectivity index (χ0) is 21.8. The first kappa shape index (κ1) is 22.1. The molecular weight excluding hydrogens is 427 g/mol. The van der Waals surface area contributed by atoms with Gasteiger partial charge in [-0.05, 0) is 45.5 Å². The van der Waals surface area contributed by atoms with E-state index in [0.717, 1.165) is 22.3 Å². The average Bonchev–Trinajstić information content (AvgIpc) is 2.82. The van der Waals surface area contributed by atoms with Gasteiger partial charge in [0.1, 0.15) is 0 Å². The summed E-state index contributed by atoms with van der Waals surface area (Å²) in [6, 6.07) is 25.2. The number of fused-ring (bicyclic) bond motifs is 2. The molecule has 0 heterocycles. The number of halogens is 2. The minimum Gasteiger partial charge on any atom is -0.346 e. The Labute approximate surface area is 193 Å². The molecule has 0 aliphatic rings. The summed E-state index contributed by atoms with van der Waals surface area (Å²) < 4.78 is 12.4. The predicted molar refractivity (Wildman–Crippen MR) is 132 cm³/mol. The molecule has 4 aromatic rings. The topological polar surface area (TPSA) is 18.5 Å². The van der Waals surface area contributed by atoms with E-state index in [1.54, 1.807) is 14.2 Å². The van der Waals surface area contributed by atoms with Crippen LogP contribution in [0, 0.1) is 0 Å². The second-order valence-electron chi connectivity index (χ2n) is 7.53. The maximum absolute atomic E-state index is 6.25. The monoisotopic (exact) mass is 452 g/mol. The summed E-state index contributed by atoms with van der Waals surface area (Å²) in [7, 11) is 3.39. The second kappa shape index (κ2) is 9.58. The first-order valence-electron chi connectivity index (χ1n) is 10.4. The zero-order valence-electron chi connectivity index (χ0n) is 17.8. The maximum Gasteiger partial charge on any atom is 0.222 e. The average molecular weight is 453 g/mol. The number of methoxy groups -OCH3 is 2. The molecular formula is C27H26Cl2O2. The van der Waals surface area contributed by atoms with Crippen molar-refractivity contribution in [1.29, 1.82) is 0 Å². The lowest BCUT2D eigenvalue weighted by atomic mass is 9.84. The normalized spacial score (nSPS) is 12.0. The molecule has 0 atom stereocenters. The van der Waals surface area contributed by atoms with Crippen LogP contribution in [0.4, 0.5) is 0 Å². The molecule has 0 fully saturated rings. The fourth-order valence-electron chi connectivity index (χ4n) is 4.68. The van der Waals surface area contributed by atoms with Gasteiger partial charge in [-0.1, -0.05) is 72.8 Å². The highest BCUT2D eigenvalue weighted by atomic mass is 35.5. The van der Waals surface area contributed by atoms with Crippen LogP contribution in [-0.4, -0.2) is 26.0 Å². The Bertz CT molecular complexity index is 1110. The minimum atomic E-state index is -1.07. The van der Waals surface area contributed by atoms with Gasteiger partial charge in [0.2, 0.25) is 5.79 Å². The van der Waals surface area contributed by atoms with Crippen LogP contribution in [0.25, 0.3) is 21.5 Å². The van der Waals surface area contributed by atoms with Gasteiger partial charge in [-0.2, -0.15) is 0 Å². The van der Waals surface area contributed by atoms with Gasteiger partial charge < -0.3 is 9.47 Å². The van der Waals surface area contributed by atoms with Crippen LogP contribution in [0.2, 0.25) is 0 Å². The number of aryl methyl sites for hydroxylation is 2. The molecule has 0 saturated carbocycles. The maximum atomic E-state index is 6.25. The van der Waals surface area contributed by atoms with Crippen molar-refractivity contribution in [2.24, 2.45) is 0 Å². The number of alkyl halides is 2. The molecule has 0 aliphatic heterocycles. The summed E-state index contributed by atoms with van der Waals surface area (Å²) in [6.45, 7) is 0. The van der Waals surface area contributed by atoms with Crippen LogP contribution >= 0.6 is 23.2 Å². The summed E-state index contributed by atoms with van der Waals surface area (Å²) in [6.07, 6.45) is 1.43. The first-order chi connectivity index (χ1) is 15.2. The van der Waals surface area contributed by atoms with Crippen LogP contribution in [0.5, 0.6) is 0 Å². The number of benzene rings is 4. The molecule has 0 radical (unpaired) electrons. The summed E-state index contributed by atoms with van der Waals surface area (Å²) in [5.74, 6) is -0.0512. The van der Waals surface area contributed by atoms with Gasteiger partial charge in [0, 0.05) is 37.1 Å². The van der Waals surface area contributed by atoms with E-state index in [1.165, 1.54) is 21.5 Å². The molecule has 0 bridgehead atoms. The van der Waals surface area contributed by atoms with E-state index in [4.69, 9.17) is 32.7 Å². The Hall–Kier alpha value is -2.10.